The highest BCUT2D eigenvalue weighted by Crippen LogP contribution is 2.13. The molecule has 1 unspecified atom stereocenters. The first kappa shape index (κ1) is 16.9. The van der Waals surface area contributed by atoms with Gasteiger partial charge in [-0.1, -0.05) is 18.2 Å². The maximum atomic E-state index is 12.0. The molecule has 6 heteroatoms. The molecule has 1 amide bonds. The van der Waals surface area contributed by atoms with Crippen molar-refractivity contribution in [1.82, 2.24) is 4.90 Å². The Hall–Kier alpha value is -1.14. The lowest BCUT2D eigenvalue weighted by atomic mass is 10.2. The monoisotopic (exact) mass is 299 g/mol. The maximum Gasteiger partial charge on any atom is 0.238 e. The summed E-state index contributed by atoms with van der Waals surface area (Å²) >= 11 is 0. The van der Waals surface area contributed by atoms with Gasteiger partial charge in [0.1, 0.15) is 0 Å². The predicted octanol–water partition coefficient (Wildman–Crippen LogP) is 1.01. The van der Waals surface area contributed by atoms with Gasteiger partial charge in [-0.2, -0.15) is 0 Å². The molecule has 3 N–H and O–H groups in total. The quantitative estimate of drug-likeness (QED) is 0.871. The second-order valence-corrected chi connectivity index (χ2v) is 4.83. The number of ether oxygens (including phenoxy) is 1. The van der Waals surface area contributed by atoms with Crippen LogP contribution in [-0.2, 0) is 9.53 Å². The lowest BCUT2D eigenvalue weighted by Gasteiger charge is -2.31. The molecule has 0 saturated carbocycles. The molecule has 20 heavy (non-hydrogen) atoms. The number of anilines is 1. The summed E-state index contributed by atoms with van der Waals surface area (Å²) in [6.07, 6.45) is 0.0417. The summed E-state index contributed by atoms with van der Waals surface area (Å²) in [7, 11) is 0. The lowest BCUT2D eigenvalue weighted by Crippen LogP contribution is -2.48. The molecule has 1 heterocycles. The zero-order valence-corrected chi connectivity index (χ0v) is 12.5. The zero-order chi connectivity index (χ0) is 13.7. The number of rotatable bonds is 4. The molecule has 1 aliphatic rings. The summed E-state index contributed by atoms with van der Waals surface area (Å²) in [5.74, 6) is 0.00646. The summed E-state index contributed by atoms with van der Waals surface area (Å²) in [6, 6.07) is 7.77. The number of nitrogens with two attached hydrogens (primary N) is 1. The normalized spacial score (nSPS) is 19.2. The molecular formula is C14H22ClN3O2. The van der Waals surface area contributed by atoms with Crippen molar-refractivity contribution >= 4 is 24.0 Å². The van der Waals surface area contributed by atoms with Crippen LogP contribution in [0.1, 0.15) is 5.56 Å². The molecule has 0 bridgehead atoms. The Kier molecular flexibility index (Phi) is 6.95. The smallest absolute Gasteiger partial charge is 0.238 e. The number of benzene rings is 1. The SMILES string of the molecule is Cc1ccccc1NC(=O)CN1CCOC(CN)C1.Cl. The molecule has 2 rings (SSSR count). The van der Waals surface area contributed by atoms with Gasteiger partial charge in [-0.25, -0.2) is 0 Å². The number of carbonyl (C=O) groups is 1. The highest BCUT2D eigenvalue weighted by molar-refractivity contribution is 5.92. The number of aryl methyl sites for hydroxylation is 1. The van der Waals surface area contributed by atoms with Crippen LogP contribution in [-0.4, -0.2) is 49.7 Å². The van der Waals surface area contributed by atoms with Gasteiger partial charge in [0.2, 0.25) is 5.91 Å². The molecule has 1 aromatic carbocycles. The van der Waals surface area contributed by atoms with E-state index < -0.39 is 0 Å². The Balaban J connectivity index is 0.00000200. The highest BCUT2D eigenvalue weighted by atomic mass is 35.5. The van der Waals surface area contributed by atoms with Crippen LogP contribution in [0, 0.1) is 6.92 Å². The van der Waals surface area contributed by atoms with Gasteiger partial charge in [-0.15, -0.1) is 12.4 Å². The number of morpholine rings is 1. The van der Waals surface area contributed by atoms with Gasteiger partial charge in [0.15, 0.2) is 0 Å². The van der Waals surface area contributed by atoms with Crippen molar-refractivity contribution in [2.75, 3.05) is 38.1 Å². The molecule has 0 radical (unpaired) electrons. The first-order valence-electron chi connectivity index (χ1n) is 6.58. The first-order chi connectivity index (χ1) is 9.19. The predicted molar refractivity (Wildman–Crippen MR) is 82.3 cm³/mol. The molecule has 0 aliphatic carbocycles. The third kappa shape index (κ3) is 4.76. The van der Waals surface area contributed by atoms with Crippen molar-refractivity contribution in [3.63, 3.8) is 0 Å². The van der Waals surface area contributed by atoms with E-state index in [1.54, 1.807) is 0 Å². The second kappa shape index (κ2) is 8.21. The van der Waals surface area contributed by atoms with E-state index in [-0.39, 0.29) is 24.4 Å². The fourth-order valence-electron chi connectivity index (χ4n) is 2.17. The molecule has 112 valence electrons. The second-order valence-electron chi connectivity index (χ2n) is 4.83. The number of carbonyl (C=O) groups excluding carboxylic acids is 1. The molecule has 1 atom stereocenters. The molecule has 5 nitrogen and oxygen atoms in total. The Bertz CT molecular complexity index is 442. The number of para-hydroxylation sites is 1. The topological polar surface area (TPSA) is 67.6 Å². The third-order valence-electron chi connectivity index (χ3n) is 3.27. The third-order valence-corrected chi connectivity index (χ3v) is 3.27. The van der Waals surface area contributed by atoms with Gasteiger partial charge in [0.25, 0.3) is 0 Å². The fourth-order valence-corrected chi connectivity index (χ4v) is 2.17. The van der Waals surface area contributed by atoms with Crippen molar-refractivity contribution in [3.05, 3.63) is 29.8 Å². The zero-order valence-electron chi connectivity index (χ0n) is 11.7. The van der Waals surface area contributed by atoms with E-state index in [4.69, 9.17) is 10.5 Å². The van der Waals surface area contributed by atoms with Gasteiger partial charge >= 0.3 is 0 Å². The molecular weight excluding hydrogens is 278 g/mol. The standard InChI is InChI=1S/C14H21N3O2.ClH/c1-11-4-2-3-5-13(11)16-14(18)10-17-6-7-19-12(8-15)9-17;/h2-5,12H,6-10,15H2,1H3,(H,16,18);1H. The number of hydrogen-bond donors (Lipinski definition) is 2. The van der Waals surface area contributed by atoms with Crippen LogP contribution in [0.25, 0.3) is 0 Å². The number of amides is 1. The van der Waals surface area contributed by atoms with Gasteiger partial charge < -0.3 is 15.8 Å². The van der Waals surface area contributed by atoms with Crippen molar-refractivity contribution in [2.45, 2.75) is 13.0 Å². The lowest BCUT2D eigenvalue weighted by molar-refractivity contribution is -0.119. The summed E-state index contributed by atoms with van der Waals surface area (Å²) in [6.45, 7) is 4.99. The average molecular weight is 300 g/mol. The summed E-state index contributed by atoms with van der Waals surface area (Å²) < 4.78 is 5.48. The average Bonchev–Trinajstić information content (AvgIpc) is 2.41. The van der Waals surface area contributed by atoms with Crippen LogP contribution in [0.15, 0.2) is 24.3 Å². The van der Waals surface area contributed by atoms with Gasteiger partial charge in [-0.05, 0) is 18.6 Å². The van der Waals surface area contributed by atoms with E-state index in [0.29, 0.717) is 19.7 Å². The van der Waals surface area contributed by atoms with E-state index in [1.807, 2.05) is 31.2 Å². The summed E-state index contributed by atoms with van der Waals surface area (Å²) in [5.41, 5.74) is 7.53. The van der Waals surface area contributed by atoms with Crippen LogP contribution < -0.4 is 11.1 Å². The maximum absolute atomic E-state index is 12.0. The van der Waals surface area contributed by atoms with Gasteiger partial charge in [-0.3, -0.25) is 9.69 Å². The van der Waals surface area contributed by atoms with Crippen LogP contribution >= 0.6 is 12.4 Å². The van der Waals surface area contributed by atoms with Crippen molar-refractivity contribution < 1.29 is 9.53 Å². The minimum atomic E-state index is 0. The highest BCUT2D eigenvalue weighted by Gasteiger charge is 2.21. The van der Waals surface area contributed by atoms with E-state index in [1.165, 1.54) is 0 Å². The van der Waals surface area contributed by atoms with E-state index in [0.717, 1.165) is 24.3 Å². The Morgan fingerprint density at radius 1 is 1.50 bits per heavy atom. The Labute approximate surface area is 125 Å². The van der Waals surface area contributed by atoms with E-state index >= 15 is 0 Å². The summed E-state index contributed by atoms with van der Waals surface area (Å²) in [4.78, 5) is 14.1. The van der Waals surface area contributed by atoms with Gasteiger partial charge in [0, 0.05) is 25.3 Å². The number of hydrogen-bond acceptors (Lipinski definition) is 4. The fraction of sp³-hybridized carbons (Fsp3) is 0.500. The van der Waals surface area contributed by atoms with Crippen molar-refractivity contribution in [2.24, 2.45) is 5.73 Å². The van der Waals surface area contributed by atoms with Crippen LogP contribution in [0.4, 0.5) is 5.69 Å². The Morgan fingerprint density at radius 2 is 2.25 bits per heavy atom. The number of nitrogens with zero attached hydrogens (tertiary/aromatic N) is 1. The minimum absolute atomic E-state index is 0. The van der Waals surface area contributed by atoms with Gasteiger partial charge in [0.05, 0.1) is 19.3 Å². The molecule has 1 fully saturated rings. The summed E-state index contributed by atoms with van der Waals surface area (Å²) in [5, 5.41) is 2.94. The molecule has 1 aliphatic heterocycles. The van der Waals surface area contributed by atoms with Crippen molar-refractivity contribution in [3.8, 4) is 0 Å². The van der Waals surface area contributed by atoms with E-state index in [2.05, 4.69) is 10.2 Å². The van der Waals surface area contributed by atoms with E-state index in [9.17, 15) is 4.79 Å². The molecule has 1 aromatic rings. The Morgan fingerprint density at radius 3 is 2.95 bits per heavy atom. The van der Waals surface area contributed by atoms with Crippen LogP contribution in [0.5, 0.6) is 0 Å². The molecule has 0 aromatic heterocycles. The number of nitrogens with one attached hydrogen (secondary N) is 1. The minimum Gasteiger partial charge on any atom is -0.374 e. The van der Waals surface area contributed by atoms with Crippen molar-refractivity contribution in [1.29, 1.82) is 0 Å². The number of halogens is 1. The molecule has 1 saturated heterocycles. The van der Waals surface area contributed by atoms with Crippen LogP contribution in [0.2, 0.25) is 0 Å². The first-order valence-corrected chi connectivity index (χ1v) is 6.58. The molecule has 0 spiro atoms. The van der Waals surface area contributed by atoms with Crippen LogP contribution in [0.3, 0.4) is 0 Å². The largest absolute Gasteiger partial charge is 0.374 e.